The van der Waals surface area contributed by atoms with Gasteiger partial charge in [0.05, 0.1) is 18.8 Å². The van der Waals surface area contributed by atoms with Crippen LogP contribution < -0.4 is 15.2 Å². The van der Waals surface area contributed by atoms with Gasteiger partial charge in [0.25, 0.3) is 0 Å². The molecule has 0 aliphatic heterocycles. The maximum Gasteiger partial charge on any atom is 0.198 e. The molecule has 0 atom stereocenters. The van der Waals surface area contributed by atoms with Crippen LogP contribution in [-0.2, 0) is 0 Å². The van der Waals surface area contributed by atoms with Crippen molar-refractivity contribution in [2.45, 2.75) is 13.8 Å². The molecule has 21 heavy (non-hydrogen) atoms. The largest absolute Gasteiger partial charge is 0.494 e. The molecule has 2 N–H and O–H groups in total. The van der Waals surface area contributed by atoms with Gasteiger partial charge in [0.2, 0.25) is 0 Å². The quantitative estimate of drug-likeness (QED) is 0.653. The van der Waals surface area contributed by atoms with E-state index in [4.69, 9.17) is 15.2 Å². The Morgan fingerprint density at radius 1 is 1.00 bits per heavy atom. The molecular formula is C17H19NO3. The lowest BCUT2D eigenvalue weighted by Crippen LogP contribution is -2.08. The van der Waals surface area contributed by atoms with Gasteiger partial charge in [0.15, 0.2) is 5.78 Å². The molecule has 0 aliphatic rings. The fourth-order valence-electron chi connectivity index (χ4n) is 2.07. The van der Waals surface area contributed by atoms with Crippen LogP contribution in [0.2, 0.25) is 0 Å². The minimum atomic E-state index is -0.153. The summed E-state index contributed by atoms with van der Waals surface area (Å²) in [6.45, 7) is 4.81. The topological polar surface area (TPSA) is 61.5 Å². The number of nitrogens with two attached hydrogens (primary N) is 1. The highest BCUT2D eigenvalue weighted by Crippen LogP contribution is 2.28. The number of hydrogen-bond acceptors (Lipinski definition) is 4. The van der Waals surface area contributed by atoms with Crippen LogP contribution in [0.1, 0.15) is 29.8 Å². The first-order chi connectivity index (χ1) is 10.2. The first kappa shape index (κ1) is 14.9. The number of hydrogen-bond donors (Lipinski definition) is 1. The van der Waals surface area contributed by atoms with Gasteiger partial charge in [0, 0.05) is 17.3 Å². The Hall–Kier alpha value is -2.49. The Labute approximate surface area is 124 Å². The Balaban J connectivity index is 2.42. The second kappa shape index (κ2) is 6.79. The summed E-state index contributed by atoms with van der Waals surface area (Å²) in [5.41, 5.74) is 7.29. The van der Waals surface area contributed by atoms with Crippen LogP contribution >= 0.6 is 0 Å². The van der Waals surface area contributed by atoms with E-state index in [2.05, 4.69) is 0 Å². The zero-order valence-corrected chi connectivity index (χ0v) is 12.3. The molecule has 0 aromatic heterocycles. The number of ether oxygens (including phenoxy) is 2. The van der Waals surface area contributed by atoms with Crippen molar-refractivity contribution in [3.8, 4) is 11.5 Å². The minimum absolute atomic E-state index is 0.153. The summed E-state index contributed by atoms with van der Waals surface area (Å²) < 4.78 is 11.0. The van der Waals surface area contributed by atoms with E-state index in [9.17, 15) is 4.79 Å². The highest BCUT2D eigenvalue weighted by Gasteiger charge is 2.17. The van der Waals surface area contributed by atoms with Crippen molar-refractivity contribution in [1.82, 2.24) is 0 Å². The van der Waals surface area contributed by atoms with Crippen LogP contribution in [0.3, 0.4) is 0 Å². The number of rotatable bonds is 6. The number of anilines is 1. The highest BCUT2D eigenvalue weighted by atomic mass is 16.5. The lowest BCUT2D eigenvalue weighted by atomic mass is 10.0. The normalized spacial score (nSPS) is 10.2. The molecule has 2 rings (SSSR count). The van der Waals surface area contributed by atoms with Crippen molar-refractivity contribution in [2.24, 2.45) is 0 Å². The molecule has 0 saturated heterocycles. The predicted molar refractivity (Wildman–Crippen MR) is 83.1 cm³/mol. The maximum atomic E-state index is 12.6. The number of para-hydroxylation sites is 1. The average Bonchev–Trinajstić information content (AvgIpc) is 2.48. The van der Waals surface area contributed by atoms with E-state index in [0.29, 0.717) is 41.5 Å². The van der Waals surface area contributed by atoms with E-state index in [-0.39, 0.29) is 5.78 Å². The number of carbonyl (C=O) groups is 1. The van der Waals surface area contributed by atoms with Crippen LogP contribution in [-0.4, -0.2) is 19.0 Å². The van der Waals surface area contributed by atoms with Crippen molar-refractivity contribution in [3.63, 3.8) is 0 Å². The molecule has 0 saturated carbocycles. The summed E-state index contributed by atoms with van der Waals surface area (Å²) in [5.74, 6) is 1.04. The van der Waals surface area contributed by atoms with Gasteiger partial charge in [-0.2, -0.15) is 0 Å². The summed E-state index contributed by atoms with van der Waals surface area (Å²) in [7, 11) is 0. The van der Waals surface area contributed by atoms with Crippen LogP contribution in [0.15, 0.2) is 42.5 Å². The molecule has 0 aliphatic carbocycles. The molecule has 4 nitrogen and oxygen atoms in total. The number of ketones is 1. The lowest BCUT2D eigenvalue weighted by molar-refractivity contribution is 0.103. The van der Waals surface area contributed by atoms with Gasteiger partial charge in [-0.25, -0.2) is 0 Å². The SMILES string of the molecule is CCOc1ccc(C(=O)c2ccccc2N)c(OCC)c1. The summed E-state index contributed by atoms with van der Waals surface area (Å²) in [6, 6.07) is 12.2. The first-order valence-electron chi connectivity index (χ1n) is 6.96. The Morgan fingerprint density at radius 3 is 2.38 bits per heavy atom. The van der Waals surface area contributed by atoms with Gasteiger partial charge in [-0.3, -0.25) is 4.79 Å². The summed E-state index contributed by atoms with van der Waals surface area (Å²) >= 11 is 0. The molecule has 0 radical (unpaired) electrons. The van der Waals surface area contributed by atoms with Crippen LogP contribution in [0, 0.1) is 0 Å². The number of benzene rings is 2. The van der Waals surface area contributed by atoms with Gasteiger partial charge in [-0.15, -0.1) is 0 Å². The molecular weight excluding hydrogens is 266 g/mol. The summed E-state index contributed by atoms with van der Waals surface area (Å²) in [4.78, 5) is 12.6. The third-order valence-electron chi connectivity index (χ3n) is 3.01. The van der Waals surface area contributed by atoms with E-state index in [0.717, 1.165) is 0 Å². The smallest absolute Gasteiger partial charge is 0.198 e. The Bertz CT molecular complexity index is 638. The molecule has 0 amide bonds. The molecule has 0 spiro atoms. The second-order valence-electron chi connectivity index (χ2n) is 4.44. The van der Waals surface area contributed by atoms with Crippen molar-refractivity contribution < 1.29 is 14.3 Å². The summed E-state index contributed by atoms with van der Waals surface area (Å²) in [6.07, 6.45) is 0. The highest BCUT2D eigenvalue weighted by molar-refractivity contribution is 6.13. The van der Waals surface area contributed by atoms with Crippen LogP contribution in [0.5, 0.6) is 11.5 Å². The molecule has 0 heterocycles. The lowest BCUT2D eigenvalue weighted by Gasteiger charge is -2.12. The number of nitrogen functional groups attached to an aromatic ring is 1. The van der Waals surface area contributed by atoms with E-state index in [1.807, 2.05) is 13.8 Å². The second-order valence-corrected chi connectivity index (χ2v) is 4.44. The maximum absolute atomic E-state index is 12.6. The van der Waals surface area contributed by atoms with Crippen molar-refractivity contribution >= 4 is 11.5 Å². The zero-order chi connectivity index (χ0) is 15.2. The van der Waals surface area contributed by atoms with Gasteiger partial charge in [-0.05, 0) is 38.1 Å². The fourth-order valence-corrected chi connectivity index (χ4v) is 2.07. The predicted octanol–water partition coefficient (Wildman–Crippen LogP) is 3.30. The van der Waals surface area contributed by atoms with Gasteiger partial charge >= 0.3 is 0 Å². The molecule has 2 aromatic rings. The van der Waals surface area contributed by atoms with Crippen LogP contribution in [0.4, 0.5) is 5.69 Å². The standard InChI is InChI=1S/C17H19NO3/c1-3-20-12-9-10-14(16(11-12)21-4-2)17(19)13-7-5-6-8-15(13)18/h5-11H,3-4,18H2,1-2H3. The van der Waals surface area contributed by atoms with Gasteiger partial charge in [-0.1, -0.05) is 12.1 Å². The molecule has 2 aromatic carbocycles. The molecule has 0 unspecified atom stereocenters. The van der Waals surface area contributed by atoms with E-state index < -0.39 is 0 Å². The molecule has 4 heteroatoms. The van der Waals surface area contributed by atoms with E-state index in [1.54, 1.807) is 42.5 Å². The van der Waals surface area contributed by atoms with Gasteiger partial charge < -0.3 is 15.2 Å². The summed E-state index contributed by atoms with van der Waals surface area (Å²) in [5, 5.41) is 0. The fraction of sp³-hybridized carbons (Fsp3) is 0.235. The average molecular weight is 285 g/mol. The van der Waals surface area contributed by atoms with E-state index >= 15 is 0 Å². The van der Waals surface area contributed by atoms with Crippen molar-refractivity contribution in [1.29, 1.82) is 0 Å². The minimum Gasteiger partial charge on any atom is -0.494 e. The monoisotopic (exact) mass is 285 g/mol. The Morgan fingerprint density at radius 2 is 1.71 bits per heavy atom. The molecule has 0 fully saturated rings. The first-order valence-corrected chi connectivity index (χ1v) is 6.96. The van der Waals surface area contributed by atoms with Gasteiger partial charge in [0.1, 0.15) is 11.5 Å². The molecule has 0 bridgehead atoms. The number of carbonyl (C=O) groups excluding carboxylic acids is 1. The zero-order valence-electron chi connectivity index (χ0n) is 12.3. The third kappa shape index (κ3) is 3.34. The third-order valence-corrected chi connectivity index (χ3v) is 3.01. The molecule has 110 valence electrons. The van der Waals surface area contributed by atoms with E-state index in [1.165, 1.54) is 0 Å². The van der Waals surface area contributed by atoms with Crippen LogP contribution in [0.25, 0.3) is 0 Å². The Kier molecular flexibility index (Phi) is 4.82. The van der Waals surface area contributed by atoms with Crippen molar-refractivity contribution in [3.05, 3.63) is 53.6 Å². The van der Waals surface area contributed by atoms with Crippen molar-refractivity contribution in [2.75, 3.05) is 18.9 Å².